The van der Waals surface area contributed by atoms with Gasteiger partial charge >= 0.3 is 0 Å². The molecule has 0 aliphatic heterocycles. The number of fused-ring (bicyclic) bond motifs is 1. The second-order valence-electron chi connectivity index (χ2n) is 8.20. The SMILES string of the molecule is CCc1cc2ccc(C(C)(C#N)CCCN(C)C(=O)c3ccc(F)cc3)cc2nc1OC. The van der Waals surface area contributed by atoms with Gasteiger partial charge in [-0.3, -0.25) is 4.79 Å². The van der Waals surface area contributed by atoms with Gasteiger partial charge in [-0.2, -0.15) is 5.26 Å². The van der Waals surface area contributed by atoms with Crippen LogP contribution in [0, 0.1) is 17.1 Å². The molecular formula is C26H28FN3O2. The zero-order valence-electron chi connectivity index (χ0n) is 19.0. The zero-order chi connectivity index (χ0) is 23.3. The van der Waals surface area contributed by atoms with Gasteiger partial charge in [0, 0.05) is 30.1 Å². The number of pyridine rings is 1. The van der Waals surface area contributed by atoms with Crippen LogP contribution in [0.2, 0.25) is 0 Å². The molecule has 0 N–H and O–H groups in total. The van der Waals surface area contributed by atoms with Crippen LogP contribution in [-0.4, -0.2) is 36.5 Å². The molecule has 32 heavy (non-hydrogen) atoms. The van der Waals surface area contributed by atoms with E-state index in [1.54, 1.807) is 19.1 Å². The van der Waals surface area contributed by atoms with E-state index in [4.69, 9.17) is 4.74 Å². The molecular weight excluding hydrogens is 405 g/mol. The van der Waals surface area contributed by atoms with Gasteiger partial charge in [0.2, 0.25) is 5.88 Å². The van der Waals surface area contributed by atoms with E-state index in [-0.39, 0.29) is 11.7 Å². The molecule has 1 atom stereocenters. The molecule has 0 saturated carbocycles. The first kappa shape index (κ1) is 23.2. The van der Waals surface area contributed by atoms with Crippen LogP contribution in [0.4, 0.5) is 4.39 Å². The normalized spacial score (nSPS) is 12.8. The van der Waals surface area contributed by atoms with E-state index in [2.05, 4.69) is 24.0 Å². The summed E-state index contributed by atoms with van der Waals surface area (Å²) in [4.78, 5) is 18.8. The molecule has 6 heteroatoms. The molecule has 1 aromatic heterocycles. The molecule has 2 aromatic carbocycles. The minimum absolute atomic E-state index is 0.169. The molecule has 5 nitrogen and oxygen atoms in total. The fraction of sp³-hybridized carbons (Fsp3) is 0.346. The standard InChI is InChI=1S/C26H28FN3O2/c1-5-18-15-20-7-10-21(16-23(20)29-24(18)32-4)26(2,17-28)13-6-14-30(3)25(31)19-8-11-22(27)12-9-19/h7-12,15-16H,5-6,13-14H2,1-4H3. The first-order valence-corrected chi connectivity index (χ1v) is 10.7. The van der Waals surface area contributed by atoms with Gasteiger partial charge in [0.15, 0.2) is 0 Å². The third-order valence-electron chi connectivity index (χ3n) is 5.92. The van der Waals surface area contributed by atoms with Crippen molar-refractivity contribution in [2.24, 2.45) is 0 Å². The van der Waals surface area contributed by atoms with Gasteiger partial charge in [0.1, 0.15) is 5.82 Å². The fourth-order valence-corrected chi connectivity index (χ4v) is 3.82. The summed E-state index contributed by atoms with van der Waals surface area (Å²) in [5.74, 6) is 0.0662. The van der Waals surface area contributed by atoms with E-state index in [1.165, 1.54) is 24.3 Å². The minimum Gasteiger partial charge on any atom is -0.481 e. The first-order valence-electron chi connectivity index (χ1n) is 10.7. The topological polar surface area (TPSA) is 66.2 Å². The van der Waals surface area contributed by atoms with Crippen molar-refractivity contribution in [3.8, 4) is 11.9 Å². The molecule has 3 aromatic rings. The second-order valence-corrected chi connectivity index (χ2v) is 8.20. The Morgan fingerprint density at radius 2 is 1.94 bits per heavy atom. The summed E-state index contributed by atoms with van der Waals surface area (Å²) in [7, 11) is 3.33. The highest BCUT2D eigenvalue weighted by Gasteiger charge is 2.27. The summed E-state index contributed by atoms with van der Waals surface area (Å²) in [6.07, 6.45) is 2.06. The molecule has 0 fully saturated rings. The Labute approximate surface area is 188 Å². The van der Waals surface area contributed by atoms with Crippen LogP contribution in [0.25, 0.3) is 10.9 Å². The number of rotatable bonds is 8. The van der Waals surface area contributed by atoms with Crippen LogP contribution in [-0.2, 0) is 11.8 Å². The number of aromatic nitrogens is 1. The number of halogens is 1. The largest absolute Gasteiger partial charge is 0.481 e. The lowest BCUT2D eigenvalue weighted by atomic mass is 9.79. The Morgan fingerprint density at radius 1 is 1.22 bits per heavy atom. The van der Waals surface area contributed by atoms with Crippen molar-refractivity contribution in [2.75, 3.05) is 20.7 Å². The number of carbonyl (C=O) groups is 1. The van der Waals surface area contributed by atoms with E-state index in [1.807, 2.05) is 25.1 Å². The number of methoxy groups -OCH3 is 1. The quantitative estimate of drug-likeness (QED) is 0.485. The van der Waals surface area contributed by atoms with Crippen molar-refractivity contribution in [3.05, 3.63) is 71.0 Å². The molecule has 0 radical (unpaired) electrons. The molecule has 0 saturated heterocycles. The number of hydrogen-bond donors (Lipinski definition) is 0. The third-order valence-corrected chi connectivity index (χ3v) is 5.92. The van der Waals surface area contributed by atoms with Crippen LogP contribution in [0.1, 0.15) is 48.2 Å². The lowest BCUT2D eigenvalue weighted by molar-refractivity contribution is 0.0791. The van der Waals surface area contributed by atoms with Crippen molar-refractivity contribution in [1.82, 2.24) is 9.88 Å². The maximum atomic E-state index is 13.1. The lowest BCUT2D eigenvalue weighted by Gasteiger charge is -2.24. The predicted octanol–water partition coefficient (Wildman–Crippen LogP) is 5.28. The average molecular weight is 434 g/mol. The highest BCUT2D eigenvalue weighted by atomic mass is 19.1. The first-order chi connectivity index (χ1) is 15.3. The van der Waals surface area contributed by atoms with Gasteiger partial charge in [-0.1, -0.05) is 19.1 Å². The average Bonchev–Trinajstić information content (AvgIpc) is 2.82. The zero-order valence-corrected chi connectivity index (χ0v) is 19.0. The van der Waals surface area contributed by atoms with Gasteiger partial charge in [0.05, 0.1) is 24.1 Å². The van der Waals surface area contributed by atoms with Crippen LogP contribution in [0.15, 0.2) is 48.5 Å². The number of benzene rings is 2. The highest BCUT2D eigenvalue weighted by Crippen LogP contribution is 2.32. The maximum Gasteiger partial charge on any atom is 0.253 e. The number of ether oxygens (including phenoxy) is 1. The molecule has 1 heterocycles. The third kappa shape index (κ3) is 4.88. The predicted molar refractivity (Wildman–Crippen MR) is 123 cm³/mol. The lowest BCUT2D eigenvalue weighted by Crippen LogP contribution is -2.29. The fourth-order valence-electron chi connectivity index (χ4n) is 3.82. The Hall–Kier alpha value is -3.46. The number of carbonyl (C=O) groups excluding carboxylic acids is 1. The summed E-state index contributed by atoms with van der Waals surface area (Å²) in [5, 5.41) is 11.0. The van der Waals surface area contributed by atoms with Gasteiger partial charge in [-0.05, 0) is 68.1 Å². The molecule has 0 aliphatic carbocycles. The summed E-state index contributed by atoms with van der Waals surface area (Å²) in [6, 6.07) is 16.0. The molecule has 1 unspecified atom stereocenters. The Bertz CT molecular complexity index is 1150. The van der Waals surface area contributed by atoms with Crippen molar-refractivity contribution < 1.29 is 13.9 Å². The van der Waals surface area contributed by atoms with Crippen LogP contribution < -0.4 is 4.74 Å². The van der Waals surface area contributed by atoms with E-state index in [9.17, 15) is 14.4 Å². The van der Waals surface area contributed by atoms with E-state index in [0.717, 1.165) is 28.5 Å². The molecule has 0 bridgehead atoms. The van der Waals surface area contributed by atoms with Crippen LogP contribution >= 0.6 is 0 Å². The Morgan fingerprint density at radius 3 is 2.56 bits per heavy atom. The molecule has 166 valence electrons. The van der Waals surface area contributed by atoms with Gasteiger partial charge in [-0.25, -0.2) is 9.37 Å². The van der Waals surface area contributed by atoms with Crippen LogP contribution in [0.3, 0.4) is 0 Å². The summed E-state index contributed by atoms with van der Waals surface area (Å²) in [5.41, 5.74) is 2.45. The van der Waals surface area contributed by atoms with Crippen molar-refractivity contribution >= 4 is 16.8 Å². The molecule has 3 rings (SSSR count). The number of amides is 1. The molecule has 1 amide bonds. The number of nitrogens with zero attached hydrogens (tertiary/aromatic N) is 3. The number of nitriles is 1. The van der Waals surface area contributed by atoms with E-state index >= 15 is 0 Å². The molecule has 0 aliphatic rings. The summed E-state index contributed by atoms with van der Waals surface area (Å²) in [6.45, 7) is 4.46. The molecule has 0 spiro atoms. The Balaban J connectivity index is 1.73. The maximum absolute atomic E-state index is 13.1. The summed E-state index contributed by atoms with van der Waals surface area (Å²) >= 11 is 0. The van der Waals surface area contributed by atoms with Gasteiger partial charge < -0.3 is 9.64 Å². The van der Waals surface area contributed by atoms with Gasteiger partial charge in [0.25, 0.3) is 5.91 Å². The van der Waals surface area contributed by atoms with E-state index < -0.39 is 5.41 Å². The highest BCUT2D eigenvalue weighted by molar-refractivity contribution is 5.94. The Kier molecular flexibility index (Phi) is 7.09. The number of hydrogen-bond acceptors (Lipinski definition) is 4. The van der Waals surface area contributed by atoms with Gasteiger partial charge in [-0.15, -0.1) is 0 Å². The van der Waals surface area contributed by atoms with Crippen molar-refractivity contribution in [2.45, 2.75) is 38.5 Å². The minimum atomic E-state index is -0.716. The van der Waals surface area contributed by atoms with E-state index in [0.29, 0.717) is 30.8 Å². The van der Waals surface area contributed by atoms with Crippen LogP contribution in [0.5, 0.6) is 5.88 Å². The second kappa shape index (κ2) is 9.78. The number of aryl methyl sites for hydroxylation is 1. The smallest absolute Gasteiger partial charge is 0.253 e. The summed E-state index contributed by atoms with van der Waals surface area (Å²) < 4.78 is 18.5. The van der Waals surface area contributed by atoms with Crippen molar-refractivity contribution in [1.29, 1.82) is 5.26 Å². The van der Waals surface area contributed by atoms with Crippen molar-refractivity contribution in [3.63, 3.8) is 0 Å². The monoisotopic (exact) mass is 433 g/mol.